The van der Waals surface area contributed by atoms with Gasteiger partial charge in [0.25, 0.3) is 10.2 Å². The van der Waals surface area contributed by atoms with E-state index in [-0.39, 0.29) is 18.5 Å². The Morgan fingerprint density at radius 1 is 1.41 bits per heavy atom. The van der Waals surface area contributed by atoms with E-state index >= 15 is 0 Å². The van der Waals surface area contributed by atoms with Crippen LogP contribution in [0, 0.1) is 0 Å². The summed E-state index contributed by atoms with van der Waals surface area (Å²) >= 11 is 0. The molecule has 7 heteroatoms. The summed E-state index contributed by atoms with van der Waals surface area (Å²) in [4.78, 5) is 12.7. The van der Waals surface area contributed by atoms with Crippen LogP contribution in [0.2, 0.25) is 0 Å². The summed E-state index contributed by atoms with van der Waals surface area (Å²) in [6, 6.07) is 0.00991. The van der Waals surface area contributed by atoms with Crippen molar-refractivity contribution in [2.24, 2.45) is 0 Å². The summed E-state index contributed by atoms with van der Waals surface area (Å²) in [6.45, 7) is 2.25. The average Bonchev–Trinajstić information content (AvgIpc) is 2.26. The molecule has 1 saturated heterocycles. The van der Waals surface area contributed by atoms with Crippen LogP contribution < -0.4 is 4.72 Å². The molecule has 0 saturated carbocycles. The fourth-order valence-corrected chi connectivity index (χ4v) is 3.24. The third kappa shape index (κ3) is 3.93. The number of hydrogen-bond acceptors (Lipinski definition) is 3. The molecule has 0 unspecified atom stereocenters. The maximum Gasteiger partial charge on any atom is 0.280 e. The summed E-state index contributed by atoms with van der Waals surface area (Å²) in [5.41, 5.74) is 0. The number of nitrogens with zero attached hydrogens (tertiary/aromatic N) is 2. The van der Waals surface area contributed by atoms with Crippen LogP contribution in [0.5, 0.6) is 0 Å². The molecule has 0 aliphatic carbocycles. The van der Waals surface area contributed by atoms with E-state index in [1.807, 2.05) is 6.92 Å². The Labute approximate surface area is 103 Å². The van der Waals surface area contributed by atoms with Gasteiger partial charge in [-0.2, -0.15) is 17.4 Å². The standard InChI is InChI=1S/C10H21N3O3S/c1-9-6-4-5-7-13(9)17(15,16)11-8-10(14)12(2)3/h9,11H,4-8H2,1-3H3/t9-/m1/s1. The normalized spacial score (nSPS) is 22.4. The summed E-state index contributed by atoms with van der Waals surface area (Å²) in [7, 11) is -0.331. The average molecular weight is 263 g/mol. The van der Waals surface area contributed by atoms with Gasteiger partial charge < -0.3 is 4.90 Å². The lowest BCUT2D eigenvalue weighted by molar-refractivity contribution is -0.127. The van der Waals surface area contributed by atoms with Gasteiger partial charge in [0, 0.05) is 26.7 Å². The molecule has 1 fully saturated rings. The number of piperidine rings is 1. The van der Waals surface area contributed by atoms with Crippen molar-refractivity contribution in [3.63, 3.8) is 0 Å². The maximum atomic E-state index is 12.0. The Hall–Kier alpha value is -0.660. The van der Waals surface area contributed by atoms with Crippen molar-refractivity contribution in [3.05, 3.63) is 0 Å². The summed E-state index contributed by atoms with van der Waals surface area (Å²) < 4.78 is 27.7. The molecule has 1 amide bonds. The number of nitrogens with one attached hydrogen (secondary N) is 1. The van der Waals surface area contributed by atoms with Crippen LogP contribution in [0.4, 0.5) is 0 Å². The molecule has 0 aromatic carbocycles. The van der Waals surface area contributed by atoms with Crippen molar-refractivity contribution in [3.8, 4) is 0 Å². The Balaban J connectivity index is 2.58. The first-order valence-corrected chi connectivity index (χ1v) is 7.25. The molecular weight excluding hydrogens is 242 g/mol. The van der Waals surface area contributed by atoms with Crippen molar-refractivity contribution < 1.29 is 13.2 Å². The van der Waals surface area contributed by atoms with Gasteiger partial charge in [-0.25, -0.2) is 0 Å². The van der Waals surface area contributed by atoms with Gasteiger partial charge >= 0.3 is 0 Å². The fraction of sp³-hybridized carbons (Fsp3) is 0.900. The quantitative estimate of drug-likeness (QED) is 0.762. The minimum absolute atomic E-state index is 0.00991. The van der Waals surface area contributed by atoms with Crippen molar-refractivity contribution in [1.82, 2.24) is 13.9 Å². The van der Waals surface area contributed by atoms with Crippen LogP contribution in [-0.4, -0.2) is 56.8 Å². The van der Waals surface area contributed by atoms with Crippen LogP contribution in [0.15, 0.2) is 0 Å². The number of hydrogen-bond donors (Lipinski definition) is 1. The second kappa shape index (κ2) is 5.79. The highest BCUT2D eigenvalue weighted by molar-refractivity contribution is 7.87. The summed E-state index contributed by atoms with van der Waals surface area (Å²) in [5, 5.41) is 0. The topological polar surface area (TPSA) is 69.7 Å². The highest BCUT2D eigenvalue weighted by Crippen LogP contribution is 2.18. The van der Waals surface area contributed by atoms with Gasteiger partial charge in [-0.05, 0) is 19.8 Å². The van der Waals surface area contributed by atoms with Gasteiger partial charge in [0.1, 0.15) is 0 Å². The van der Waals surface area contributed by atoms with E-state index in [1.54, 1.807) is 14.1 Å². The summed E-state index contributed by atoms with van der Waals surface area (Å²) in [5.74, 6) is -0.252. The number of likely N-dealkylation sites (N-methyl/N-ethyl adjacent to an activating group) is 1. The smallest absolute Gasteiger partial charge is 0.280 e. The van der Waals surface area contributed by atoms with E-state index in [9.17, 15) is 13.2 Å². The van der Waals surface area contributed by atoms with Gasteiger partial charge in [0.05, 0.1) is 6.54 Å². The highest BCUT2D eigenvalue weighted by atomic mass is 32.2. The third-order valence-corrected chi connectivity index (χ3v) is 4.62. The van der Waals surface area contributed by atoms with E-state index in [2.05, 4.69) is 4.72 Å². The molecule has 1 atom stereocenters. The first-order valence-electron chi connectivity index (χ1n) is 5.81. The van der Waals surface area contributed by atoms with E-state index in [0.29, 0.717) is 6.54 Å². The van der Waals surface area contributed by atoms with Crippen LogP contribution in [-0.2, 0) is 15.0 Å². The van der Waals surface area contributed by atoms with Crippen molar-refractivity contribution in [1.29, 1.82) is 0 Å². The predicted octanol–water partition coefficient (Wildman–Crippen LogP) is -0.217. The first-order chi connectivity index (χ1) is 7.84. The molecule has 1 aliphatic rings. The molecule has 0 aromatic rings. The zero-order valence-electron chi connectivity index (χ0n) is 10.6. The molecule has 17 heavy (non-hydrogen) atoms. The number of carbonyl (C=O) groups is 1. The molecule has 0 spiro atoms. The molecule has 1 heterocycles. The summed E-state index contributed by atoms with van der Waals surface area (Å²) in [6.07, 6.45) is 2.82. The molecule has 0 aromatic heterocycles. The zero-order chi connectivity index (χ0) is 13.1. The molecule has 1 aliphatic heterocycles. The lowest BCUT2D eigenvalue weighted by Gasteiger charge is -2.32. The lowest BCUT2D eigenvalue weighted by Crippen LogP contribution is -2.49. The molecular formula is C10H21N3O3S. The van der Waals surface area contributed by atoms with E-state index in [4.69, 9.17) is 0 Å². The Morgan fingerprint density at radius 3 is 2.59 bits per heavy atom. The minimum Gasteiger partial charge on any atom is -0.348 e. The Bertz CT molecular complexity index is 367. The van der Waals surface area contributed by atoms with Gasteiger partial charge in [0.2, 0.25) is 5.91 Å². The monoisotopic (exact) mass is 263 g/mol. The van der Waals surface area contributed by atoms with E-state index < -0.39 is 10.2 Å². The molecule has 1 rings (SSSR count). The van der Waals surface area contributed by atoms with Crippen LogP contribution in [0.25, 0.3) is 0 Å². The minimum atomic E-state index is -3.53. The van der Waals surface area contributed by atoms with Crippen LogP contribution in [0.3, 0.4) is 0 Å². The SMILES string of the molecule is C[C@@H]1CCCCN1S(=O)(=O)NCC(=O)N(C)C. The van der Waals surface area contributed by atoms with Gasteiger partial charge in [0.15, 0.2) is 0 Å². The van der Waals surface area contributed by atoms with Crippen LogP contribution >= 0.6 is 0 Å². The molecule has 6 nitrogen and oxygen atoms in total. The number of amides is 1. The zero-order valence-corrected chi connectivity index (χ0v) is 11.5. The fourth-order valence-electron chi connectivity index (χ4n) is 1.82. The Morgan fingerprint density at radius 2 is 2.06 bits per heavy atom. The molecule has 0 bridgehead atoms. The number of carbonyl (C=O) groups excluding carboxylic acids is 1. The van der Waals surface area contributed by atoms with Gasteiger partial charge in [-0.1, -0.05) is 6.42 Å². The molecule has 0 radical (unpaired) electrons. The third-order valence-electron chi connectivity index (χ3n) is 2.96. The number of rotatable bonds is 4. The van der Waals surface area contributed by atoms with Crippen molar-refractivity contribution in [2.75, 3.05) is 27.2 Å². The van der Waals surface area contributed by atoms with Gasteiger partial charge in [-0.15, -0.1) is 0 Å². The van der Waals surface area contributed by atoms with Crippen LogP contribution in [0.1, 0.15) is 26.2 Å². The van der Waals surface area contributed by atoms with E-state index in [1.165, 1.54) is 9.21 Å². The van der Waals surface area contributed by atoms with Crippen molar-refractivity contribution in [2.45, 2.75) is 32.2 Å². The second-order valence-corrected chi connectivity index (χ2v) is 6.28. The predicted molar refractivity (Wildman–Crippen MR) is 65.6 cm³/mol. The maximum absolute atomic E-state index is 12.0. The van der Waals surface area contributed by atoms with Gasteiger partial charge in [-0.3, -0.25) is 4.79 Å². The van der Waals surface area contributed by atoms with Crippen molar-refractivity contribution >= 4 is 16.1 Å². The molecule has 100 valence electrons. The largest absolute Gasteiger partial charge is 0.348 e. The first kappa shape index (κ1) is 14.4. The second-order valence-electron chi connectivity index (χ2n) is 4.57. The Kier molecular flexibility index (Phi) is 4.91. The molecule has 1 N–H and O–H groups in total. The lowest BCUT2D eigenvalue weighted by atomic mass is 10.1. The van der Waals surface area contributed by atoms with E-state index in [0.717, 1.165) is 19.3 Å². The highest BCUT2D eigenvalue weighted by Gasteiger charge is 2.29.